The molecule has 1 aliphatic heterocycles. The smallest absolute Gasteiger partial charge is 0.119 e. The van der Waals surface area contributed by atoms with E-state index in [0.717, 1.165) is 44.0 Å². The molecule has 2 aromatic carbocycles. The summed E-state index contributed by atoms with van der Waals surface area (Å²) in [7, 11) is 1.63. The molecule has 1 saturated heterocycles. The van der Waals surface area contributed by atoms with Crippen molar-refractivity contribution in [2.45, 2.75) is 31.6 Å². The molecule has 0 saturated carbocycles. The van der Waals surface area contributed by atoms with Crippen molar-refractivity contribution in [3.05, 3.63) is 60.2 Å². The first-order chi connectivity index (χ1) is 13.2. The molecule has 1 fully saturated rings. The summed E-state index contributed by atoms with van der Waals surface area (Å²) < 4.78 is 16.7. The van der Waals surface area contributed by atoms with Gasteiger partial charge in [-0.1, -0.05) is 30.3 Å². The summed E-state index contributed by atoms with van der Waals surface area (Å²) in [5.41, 5.74) is 1.23. The summed E-state index contributed by atoms with van der Waals surface area (Å²) in [4.78, 5) is 2.26. The molecule has 2 aromatic rings. The fraction of sp³-hybridized carbons (Fsp3) is 0.455. The molecular formula is C22H29NO4. The number of methoxy groups -OCH3 is 1. The molecule has 0 amide bonds. The topological polar surface area (TPSA) is 51.2 Å². The lowest BCUT2D eigenvalue weighted by Crippen LogP contribution is -2.39. The van der Waals surface area contributed by atoms with E-state index in [2.05, 4.69) is 17.0 Å². The molecule has 5 heteroatoms. The van der Waals surface area contributed by atoms with Crippen molar-refractivity contribution >= 4 is 0 Å². The third kappa shape index (κ3) is 6.54. The van der Waals surface area contributed by atoms with Crippen LogP contribution in [0.3, 0.4) is 0 Å². The number of rotatable bonds is 10. The summed E-state index contributed by atoms with van der Waals surface area (Å²) in [6.07, 6.45) is 1.89. The Hall–Kier alpha value is -2.08. The lowest BCUT2D eigenvalue weighted by atomic mass is 10.1. The number of hydrogen-bond donors (Lipinski definition) is 1. The van der Waals surface area contributed by atoms with Gasteiger partial charge in [0, 0.05) is 26.2 Å². The summed E-state index contributed by atoms with van der Waals surface area (Å²) in [6, 6.07) is 17.7. The van der Waals surface area contributed by atoms with E-state index < -0.39 is 6.10 Å². The quantitative estimate of drug-likeness (QED) is 0.695. The van der Waals surface area contributed by atoms with Gasteiger partial charge in [0.15, 0.2) is 0 Å². The average Bonchev–Trinajstić information content (AvgIpc) is 3.20. The van der Waals surface area contributed by atoms with Gasteiger partial charge < -0.3 is 19.3 Å². The minimum absolute atomic E-state index is 0.253. The SMILES string of the molecule is COc1ccc(OC[C@@H](O)CN(Cc2ccccc2)C[C@H]2CCCO2)cc1. The van der Waals surface area contributed by atoms with Gasteiger partial charge in [-0.05, 0) is 42.7 Å². The number of aliphatic hydroxyl groups is 1. The Morgan fingerprint density at radius 3 is 2.52 bits per heavy atom. The minimum Gasteiger partial charge on any atom is -0.497 e. The molecule has 27 heavy (non-hydrogen) atoms. The highest BCUT2D eigenvalue weighted by Gasteiger charge is 2.21. The Bertz CT molecular complexity index is 656. The number of benzene rings is 2. The van der Waals surface area contributed by atoms with Gasteiger partial charge in [0.05, 0.1) is 13.2 Å². The lowest BCUT2D eigenvalue weighted by molar-refractivity contribution is 0.0313. The van der Waals surface area contributed by atoms with Crippen molar-refractivity contribution < 1.29 is 19.3 Å². The van der Waals surface area contributed by atoms with Crippen LogP contribution in [0.1, 0.15) is 18.4 Å². The van der Waals surface area contributed by atoms with E-state index >= 15 is 0 Å². The van der Waals surface area contributed by atoms with Crippen LogP contribution in [0.25, 0.3) is 0 Å². The monoisotopic (exact) mass is 371 g/mol. The van der Waals surface area contributed by atoms with Crippen LogP contribution in [0, 0.1) is 0 Å². The number of nitrogens with zero attached hydrogens (tertiary/aromatic N) is 1. The molecule has 0 aliphatic carbocycles. The first-order valence-corrected chi connectivity index (χ1v) is 9.56. The Morgan fingerprint density at radius 1 is 1.11 bits per heavy atom. The van der Waals surface area contributed by atoms with Gasteiger partial charge >= 0.3 is 0 Å². The molecule has 1 N–H and O–H groups in total. The van der Waals surface area contributed by atoms with Crippen LogP contribution in [-0.4, -0.2) is 55.6 Å². The van der Waals surface area contributed by atoms with E-state index in [0.29, 0.717) is 6.54 Å². The molecule has 146 valence electrons. The van der Waals surface area contributed by atoms with E-state index in [1.54, 1.807) is 7.11 Å². The normalized spacial score (nSPS) is 17.8. The molecule has 0 unspecified atom stereocenters. The molecule has 3 rings (SSSR count). The largest absolute Gasteiger partial charge is 0.497 e. The Kier molecular flexibility index (Phi) is 7.51. The van der Waals surface area contributed by atoms with Crippen molar-refractivity contribution in [2.24, 2.45) is 0 Å². The molecule has 0 aromatic heterocycles. The Morgan fingerprint density at radius 2 is 1.85 bits per heavy atom. The van der Waals surface area contributed by atoms with Gasteiger partial charge in [-0.15, -0.1) is 0 Å². The van der Waals surface area contributed by atoms with E-state index in [1.165, 1.54) is 5.56 Å². The number of hydrogen-bond acceptors (Lipinski definition) is 5. The maximum absolute atomic E-state index is 10.5. The van der Waals surface area contributed by atoms with Crippen LogP contribution in [0.15, 0.2) is 54.6 Å². The zero-order valence-corrected chi connectivity index (χ0v) is 15.9. The van der Waals surface area contributed by atoms with Gasteiger partial charge in [-0.2, -0.15) is 0 Å². The van der Waals surface area contributed by atoms with Crippen molar-refractivity contribution in [3.63, 3.8) is 0 Å². The standard InChI is InChI=1S/C22H29NO4/c1-25-20-9-11-21(12-10-20)27-17-19(24)15-23(16-22-8-5-13-26-22)14-18-6-3-2-4-7-18/h2-4,6-7,9-12,19,22,24H,5,8,13-17H2,1H3/t19-,22+/m0/s1. The van der Waals surface area contributed by atoms with E-state index in [4.69, 9.17) is 14.2 Å². The highest BCUT2D eigenvalue weighted by molar-refractivity contribution is 5.31. The maximum atomic E-state index is 10.5. The van der Waals surface area contributed by atoms with Crippen molar-refractivity contribution in [2.75, 3.05) is 33.4 Å². The highest BCUT2D eigenvalue weighted by Crippen LogP contribution is 2.18. The predicted octanol–water partition coefficient (Wildman–Crippen LogP) is 3.12. The van der Waals surface area contributed by atoms with E-state index in [9.17, 15) is 5.11 Å². The molecule has 0 spiro atoms. The fourth-order valence-electron chi connectivity index (χ4n) is 3.34. The average molecular weight is 371 g/mol. The first kappa shape index (κ1) is 19.7. The lowest BCUT2D eigenvalue weighted by Gasteiger charge is -2.27. The third-order valence-electron chi connectivity index (χ3n) is 4.71. The van der Waals surface area contributed by atoms with Crippen LogP contribution in [0.2, 0.25) is 0 Å². The summed E-state index contributed by atoms with van der Waals surface area (Å²) in [6.45, 7) is 3.26. The Labute approximate surface area is 161 Å². The zero-order chi connectivity index (χ0) is 18.9. The first-order valence-electron chi connectivity index (χ1n) is 9.56. The maximum Gasteiger partial charge on any atom is 0.119 e. The molecule has 2 atom stereocenters. The second kappa shape index (κ2) is 10.3. The molecule has 1 heterocycles. The summed E-state index contributed by atoms with van der Waals surface area (Å²) in [5, 5.41) is 10.5. The van der Waals surface area contributed by atoms with Crippen LogP contribution in [0.5, 0.6) is 11.5 Å². The molecule has 5 nitrogen and oxygen atoms in total. The number of aliphatic hydroxyl groups excluding tert-OH is 1. The summed E-state index contributed by atoms with van der Waals surface area (Å²) >= 11 is 0. The van der Waals surface area contributed by atoms with Crippen LogP contribution < -0.4 is 9.47 Å². The predicted molar refractivity (Wildman–Crippen MR) is 105 cm³/mol. The number of ether oxygens (including phenoxy) is 3. The second-order valence-corrected chi connectivity index (χ2v) is 6.96. The molecule has 1 aliphatic rings. The van der Waals surface area contributed by atoms with Gasteiger partial charge in [0.2, 0.25) is 0 Å². The summed E-state index contributed by atoms with van der Waals surface area (Å²) in [5.74, 6) is 1.51. The van der Waals surface area contributed by atoms with Gasteiger partial charge in [-0.25, -0.2) is 0 Å². The minimum atomic E-state index is -0.572. The third-order valence-corrected chi connectivity index (χ3v) is 4.71. The second-order valence-electron chi connectivity index (χ2n) is 6.96. The molecule has 0 radical (unpaired) electrons. The van der Waals surface area contributed by atoms with Gasteiger partial charge in [0.25, 0.3) is 0 Å². The fourth-order valence-corrected chi connectivity index (χ4v) is 3.34. The van der Waals surface area contributed by atoms with Crippen LogP contribution in [0.4, 0.5) is 0 Å². The van der Waals surface area contributed by atoms with Crippen molar-refractivity contribution in [1.82, 2.24) is 4.90 Å². The van der Waals surface area contributed by atoms with E-state index in [1.807, 2.05) is 42.5 Å². The Balaban J connectivity index is 1.52. The van der Waals surface area contributed by atoms with Crippen molar-refractivity contribution in [1.29, 1.82) is 0 Å². The van der Waals surface area contributed by atoms with Gasteiger partial charge in [0.1, 0.15) is 24.2 Å². The molecular weight excluding hydrogens is 342 g/mol. The zero-order valence-electron chi connectivity index (χ0n) is 15.9. The van der Waals surface area contributed by atoms with Gasteiger partial charge in [-0.3, -0.25) is 4.90 Å². The van der Waals surface area contributed by atoms with E-state index in [-0.39, 0.29) is 12.7 Å². The van der Waals surface area contributed by atoms with Crippen molar-refractivity contribution in [3.8, 4) is 11.5 Å². The molecule has 0 bridgehead atoms. The van der Waals surface area contributed by atoms with Crippen LogP contribution in [-0.2, 0) is 11.3 Å². The highest BCUT2D eigenvalue weighted by atomic mass is 16.5. The van der Waals surface area contributed by atoms with Crippen LogP contribution >= 0.6 is 0 Å².